The van der Waals surface area contributed by atoms with Gasteiger partial charge >= 0.3 is 0 Å². The number of nitrogens with one attached hydrogen (secondary N) is 2. The third-order valence-electron chi connectivity index (χ3n) is 4.82. The number of nitrogens with zero attached hydrogens (tertiary/aromatic N) is 1. The summed E-state index contributed by atoms with van der Waals surface area (Å²) in [6.07, 6.45) is 0.0836. The van der Waals surface area contributed by atoms with Gasteiger partial charge in [0.05, 0.1) is 30.4 Å². The lowest BCUT2D eigenvalue weighted by molar-refractivity contribution is -0.122. The molecule has 4 aromatic rings. The number of thioether (sulfide) groups is 1. The van der Waals surface area contributed by atoms with E-state index in [1.165, 1.54) is 4.70 Å². The number of ether oxygens (including phenoxy) is 2. The molecule has 1 heterocycles. The molecular formula is C25H23N3O4S2. The Labute approximate surface area is 205 Å². The smallest absolute Gasteiger partial charge is 0.269 e. The highest BCUT2D eigenvalue weighted by Gasteiger charge is 2.10. The van der Waals surface area contributed by atoms with E-state index >= 15 is 0 Å². The summed E-state index contributed by atoms with van der Waals surface area (Å²) in [5, 5.41) is 0. The maximum Gasteiger partial charge on any atom is 0.269 e. The average molecular weight is 494 g/mol. The molecule has 4 rings (SSSR count). The van der Waals surface area contributed by atoms with Gasteiger partial charge < -0.3 is 9.47 Å². The molecule has 0 atom stereocenters. The summed E-state index contributed by atoms with van der Waals surface area (Å²) in [6, 6.07) is 22.5. The van der Waals surface area contributed by atoms with E-state index in [1.807, 2.05) is 42.5 Å². The molecule has 0 saturated carbocycles. The van der Waals surface area contributed by atoms with E-state index in [1.54, 1.807) is 54.5 Å². The topological polar surface area (TPSA) is 89.5 Å². The van der Waals surface area contributed by atoms with Crippen molar-refractivity contribution in [2.75, 3.05) is 13.7 Å². The van der Waals surface area contributed by atoms with Crippen molar-refractivity contribution in [1.82, 2.24) is 15.8 Å². The number of hydrogen-bond donors (Lipinski definition) is 2. The molecule has 174 valence electrons. The molecule has 0 unspecified atom stereocenters. The minimum absolute atomic E-state index is 0.0836. The molecular weight excluding hydrogens is 470 g/mol. The number of carbonyl (C=O) groups is 2. The van der Waals surface area contributed by atoms with E-state index in [0.29, 0.717) is 17.1 Å². The lowest BCUT2D eigenvalue weighted by Crippen LogP contribution is -2.42. The van der Waals surface area contributed by atoms with Gasteiger partial charge in [0, 0.05) is 11.3 Å². The summed E-state index contributed by atoms with van der Waals surface area (Å²) < 4.78 is 13.0. The lowest BCUT2D eigenvalue weighted by Gasteiger charge is -2.11. The van der Waals surface area contributed by atoms with E-state index in [2.05, 4.69) is 21.9 Å². The Hall–Kier alpha value is -3.56. The van der Waals surface area contributed by atoms with E-state index < -0.39 is 0 Å². The number of benzene rings is 3. The van der Waals surface area contributed by atoms with Crippen molar-refractivity contribution >= 4 is 45.1 Å². The van der Waals surface area contributed by atoms with Crippen LogP contribution >= 0.6 is 23.1 Å². The maximum absolute atomic E-state index is 12.3. The van der Waals surface area contributed by atoms with Gasteiger partial charge in [0.2, 0.25) is 5.91 Å². The maximum atomic E-state index is 12.3. The first-order chi connectivity index (χ1) is 16.6. The summed E-state index contributed by atoms with van der Waals surface area (Å²) in [6.45, 7) is 0.156. The Bertz CT molecular complexity index is 1240. The molecule has 0 aliphatic carbocycles. The highest BCUT2D eigenvalue weighted by Crippen LogP contribution is 2.31. The normalized spacial score (nSPS) is 10.6. The Morgan fingerprint density at radius 2 is 1.68 bits per heavy atom. The number of hydrazine groups is 1. The minimum Gasteiger partial charge on any atom is -0.493 e. The van der Waals surface area contributed by atoms with Crippen LogP contribution in [0.15, 0.2) is 77.1 Å². The Morgan fingerprint density at radius 1 is 0.941 bits per heavy atom. The highest BCUT2D eigenvalue weighted by molar-refractivity contribution is 8.00. The lowest BCUT2D eigenvalue weighted by atomic mass is 10.1. The fraction of sp³-hybridized carbons (Fsp3) is 0.160. The van der Waals surface area contributed by atoms with Crippen LogP contribution in [0.5, 0.6) is 11.5 Å². The van der Waals surface area contributed by atoms with Gasteiger partial charge in [0.25, 0.3) is 5.91 Å². The van der Waals surface area contributed by atoms with Crippen molar-refractivity contribution in [1.29, 1.82) is 0 Å². The number of thiazole rings is 1. The van der Waals surface area contributed by atoms with E-state index in [4.69, 9.17) is 9.47 Å². The summed E-state index contributed by atoms with van der Waals surface area (Å²) in [5.41, 5.74) is 7.39. The monoisotopic (exact) mass is 493 g/mol. The summed E-state index contributed by atoms with van der Waals surface area (Å²) in [5.74, 6) is 1.17. The molecule has 9 heteroatoms. The van der Waals surface area contributed by atoms with Gasteiger partial charge in [-0.2, -0.15) is 0 Å². The molecule has 0 aliphatic rings. The van der Waals surface area contributed by atoms with Gasteiger partial charge in [-0.25, -0.2) is 4.98 Å². The number of amides is 2. The molecule has 0 radical (unpaired) electrons. The fourth-order valence-corrected chi connectivity index (χ4v) is 5.09. The number of methoxy groups -OCH3 is 1. The number of rotatable bonds is 9. The first-order valence-corrected chi connectivity index (χ1v) is 12.3. The van der Waals surface area contributed by atoms with Crippen LogP contribution in [-0.4, -0.2) is 30.5 Å². The van der Waals surface area contributed by atoms with Crippen molar-refractivity contribution in [3.63, 3.8) is 0 Å². The summed E-state index contributed by atoms with van der Waals surface area (Å²) in [7, 11) is 1.55. The van der Waals surface area contributed by atoms with Gasteiger partial charge in [-0.3, -0.25) is 20.4 Å². The van der Waals surface area contributed by atoms with Gasteiger partial charge in [-0.15, -0.1) is 11.3 Å². The average Bonchev–Trinajstić information content (AvgIpc) is 3.30. The zero-order valence-electron chi connectivity index (χ0n) is 18.4. The second-order valence-electron chi connectivity index (χ2n) is 7.18. The molecule has 0 aliphatic heterocycles. The van der Waals surface area contributed by atoms with Gasteiger partial charge in [0.15, 0.2) is 15.8 Å². The summed E-state index contributed by atoms with van der Waals surface area (Å²) in [4.78, 5) is 29.0. The molecule has 0 saturated heterocycles. The molecule has 1 aromatic heterocycles. The van der Waals surface area contributed by atoms with Gasteiger partial charge in [0.1, 0.15) is 0 Å². The van der Waals surface area contributed by atoms with E-state index in [-0.39, 0.29) is 24.8 Å². The fourth-order valence-electron chi connectivity index (χ4n) is 3.06. The van der Waals surface area contributed by atoms with Crippen LogP contribution in [-0.2, 0) is 10.5 Å². The number of para-hydroxylation sites is 3. The first kappa shape index (κ1) is 23.6. The SMILES string of the molecule is COc1ccccc1OCCC(=O)NNC(=O)c1ccc(CSc2nc3ccccc3s2)cc1. The quantitative estimate of drug-likeness (QED) is 0.257. The highest BCUT2D eigenvalue weighted by atomic mass is 32.2. The van der Waals surface area contributed by atoms with Crippen molar-refractivity contribution in [3.8, 4) is 11.5 Å². The van der Waals surface area contributed by atoms with Crippen molar-refractivity contribution < 1.29 is 19.1 Å². The molecule has 0 spiro atoms. The van der Waals surface area contributed by atoms with Crippen LogP contribution in [0.25, 0.3) is 10.2 Å². The Morgan fingerprint density at radius 3 is 2.44 bits per heavy atom. The van der Waals surface area contributed by atoms with E-state index in [0.717, 1.165) is 21.2 Å². The zero-order valence-corrected chi connectivity index (χ0v) is 20.1. The van der Waals surface area contributed by atoms with Crippen molar-refractivity contribution in [3.05, 3.63) is 83.9 Å². The molecule has 0 fully saturated rings. The Kier molecular flexibility index (Phi) is 8.00. The molecule has 34 heavy (non-hydrogen) atoms. The van der Waals surface area contributed by atoms with Gasteiger partial charge in [-0.1, -0.05) is 48.2 Å². The standard InChI is InChI=1S/C25H23N3O4S2/c1-31-20-7-3-4-8-21(20)32-15-14-23(29)27-28-24(30)18-12-10-17(11-13-18)16-33-25-26-19-6-2-5-9-22(19)34-25/h2-13H,14-16H2,1H3,(H,27,29)(H,28,30). The number of hydrogen-bond acceptors (Lipinski definition) is 7. The predicted molar refractivity (Wildman–Crippen MR) is 134 cm³/mol. The predicted octanol–water partition coefficient (Wildman–Crippen LogP) is 4.83. The van der Waals surface area contributed by atoms with Crippen LogP contribution in [0.1, 0.15) is 22.3 Å². The van der Waals surface area contributed by atoms with Crippen LogP contribution in [0.4, 0.5) is 0 Å². The minimum atomic E-state index is -0.385. The second-order valence-corrected chi connectivity index (χ2v) is 9.44. The van der Waals surface area contributed by atoms with Gasteiger partial charge in [-0.05, 0) is 42.0 Å². The Balaban J connectivity index is 1.19. The van der Waals surface area contributed by atoms with Crippen LogP contribution < -0.4 is 20.3 Å². The number of carbonyl (C=O) groups excluding carboxylic acids is 2. The molecule has 7 nitrogen and oxygen atoms in total. The molecule has 2 amide bonds. The van der Waals surface area contributed by atoms with Crippen LogP contribution in [0.3, 0.4) is 0 Å². The number of aromatic nitrogens is 1. The van der Waals surface area contributed by atoms with Crippen LogP contribution in [0, 0.1) is 0 Å². The number of fused-ring (bicyclic) bond motifs is 1. The zero-order chi connectivity index (χ0) is 23.8. The third kappa shape index (κ3) is 6.27. The first-order valence-electron chi connectivity index (χ1n) is 10.5. The largest absolute Gasteiger partial charge is 0.493 e. The third-order valence-corrected chi connectivity index (χ3v) is 7.07. The van der Waals surface area contributed by atoms with E-state index in [9.17, 15) is 9.59 Å². The van der Waals surface area contributed by atoms with Crippen molar-refractivity contribution in [2.45, 2.75) is 16.5 Å². The van der Waals surface area contributed by atoms with Crippen LogP contribution in [0.2, 0.25) is 0 Å². The molecule has 3 aromatic carbocycles. The molecule has 2 N–H and O–H groups in total. The second kappa shape index (κ2) is 11.5. The molecule has 0 bridgehead atoms. The van der Waals surface area contributed by atoms with Crippen molar-refractivity contribution in [2.24, 2.45) is 0 Å². The summed E-state index contributed by atoms with van der Waals surface area (Å²) >= 11 is 3.34.